The Labute approximate surface area is 162 Å². The molecule has 140 valence electrons. The number of para-hydroxylation sites is 1. The second-order valence-electron chi connectivity index (χ2n) is 7.63. The van der Waals surface area contributed by atoms with E-state index in [0.717, 1.165) is 18.4 Å². The van der Waals surface area contributed by atoms with Gasteiger partial charge in [0.2, 0.25) is 0 Å². The van der Waals surface area contributed by atoms with Gasteiger partial charge in [0, 0.05) is 6.42 Å². The van der Waals surface area contributed by atoms with Crippen molar-refractivity contribution in [3.05, 3.63) is 89.0 Å². The fraction of sp³-hybridized carbons (Fsp3) is 0.320. The molecule has 2 nitrogen and oxygen atoms in total. The molecular formula is C25H28O2. The predicted octanol–water partition coefficient (Wildman–Crippen LogP) is 6.63. The molecule has 0 N–H and O–H groups in total. The van der Waals surface area contributed by atoms with Crippen molar-refractivity contribution in [3.8, 4) is 5.75 Å². The normalized spacial score (nSPS) is 19.2. The van der Waals surface area contributed by atoms with Gasteiger partial charge in [-0.05, 0) is 51.3 Å². The number of fused-ring (bicyclic) bond motifs is 1. The zero-order valence-corrected chi connectivity index (χ0v) is 16.5. The summed E-state index contributed by atoms with van der Waals surface area (Å²) in [7, 11) is 0. The summed E-state index contributed by atoms with van der Waals surface area (Å²) >= 11 is 0. The van der Waals surface area contributed by atoms with Gasteiger partial charge in [-0.15, -0.1) is 0 Å². The number of hydrogen-bond acceptors (Lipinski definition) is 2. The highest BCUT2D eigenvalue weighted by atomic mass is 16.5. The zero-order chi connectivity index (χ0) is 19.3. The van der Waals surface area contributed by atoms with Crippen molar-refractivity contribution in [2.75, 3.05) is 0 Å². The average molecular weight is 360 g/mol. The molecule has 0 saturated heterocycles. The first-order valence-electron chi connectivity index (χ1n) is 9.66. The summed E-state index contributed by atoms with van der Waals surface area (Å²) in [6.07, 6.45) is 7.64. The lowest BCUT2D eigenvalue weighted by Crippen LogP contribution is -2.39. The van der Waals surface area contributed by atoms with Gasteiger partial charge in [-0.1, -0.05) is 65.8 Å². The molecule has 0 aliphatic carbocycles. The molecule has 2 aromatic rings. The van der Waals surface area contributed by atoms with Gasteiger partial charge >= 0.3 is 0 Å². The van der Waals surface area contributed by atoms with Crippen LogP contribution in [-0.2, 0) is 5.60 Å². The summed E-state index contributed by atoms with van der Waals surface area (Å²) < 4.78 is 6.49. The molecule has 0 amide bonds. The van der Waals surface area contributed by atoms with Crippen LogP contribution in [0.1, 0.15) is 62.4 Å². The van der Waals surface area contributed by atoms with E-state index in [4.69, 9.17) is 4.74 Å². The first-order chi connectivity index (χ1) is 13.0. The van der Waals surface area contributed by atoms with Crippen molar-refractivity contribution in [2.45, 2.75) is 52.1 Å². The lowest BCUT2D eigenvalue weighted by Gasteiger charge is -2.38. The maximum Gasteiger partial charge on any atom is 0.170 e. The van der Waals surface area contributed by atoms with Gasteiger partial charge in [-0.3, -0.25) is 4.79 Å². The summed E-state index contributed by atoms with van der Waals surface area (Å²) in [5.74, 6) is 0.837. The molecule has 1 aliphatic rings. The van der Waals surface area contributed by atoms with Gasteiger partial charge in [0.25, 0.3) is 0 Å². The number of carbonyl (C=O) groups is 1. The van der Waals surface area contributed by atoms with Crippen molar-refractivity contribution in [2.24, 2.45) is 0 Å². The summed E-state index contributed by atoms with van der Waals surface area (Å²) in [4.78, 5) is 12.9. The van der Waals surface area contributed by atoms with E-state index in [1.54, 1.807) is 0 Å². The molecule has 0 bridgehead atoms. The van der Waals surface area contributed by atoms with Crippen LogP contribution in [0.2, 0.25) is 0 Å². The van der Waals surface area contributed by atoms with Crippen LogP contribution in [0.3, 0.4) is 0 Å². The van der Waals surface area contributed by atoms with Gasteiger partial charge in [0.15, 0.2) is 5.78 Å². The number of ether oxygens (including phenoxy) is 1. The number of Topliss-reactive ketones (excluding diaryl/α,β-unsaturated/α-hetero) is 1. The summed E-state index contributed by atoms with van der Waals surface area (Å²) in [5.41, 5.74) is 3.79. The van der Waals surface area contributed by atoms with Crippen molar-refractivity contribution < 1.29 is 9.53 Å². The van der Waals surface area contributed by atoms with Gasteiger partial charge in [0.05, 0.1) is 12.0 Å². The van der Waals surface area contributed by atoms with Crippen LogP contribution in [0.15, 0.2) is 77.9 Å². The lowest BCUT2D eigenvalue weighted by molar-refractivity contribution is 0.0397. The molecule has 27 heavy (non-hydrogen) atoms. The number of allylic oxidation sites excluding steroid dienone is 3. The second-order valence-corrected chi connectivity index (χ2v) is 7.63. The molecule has 0 fully saturated rings. The summed E-state index contributed by atoms with van der Waals surface area (Å²) in [6.45, 7) is 6.42. The highest BCUT2D eigenvalue weighted by molar-refractivity contribution is 6.00. The topological polar surface area (TPSA) is 26.3 Å². The first kappa shape index (κ1) is 19.2. The highest BCUT2D eigenvalue weighted by Gasteiger charge is 2.41. The zero-order valence-electron chi connectivity index (χ0n) is 16.5. The third-order valence-electron chi connectivity index (χ3n) is 5.11. The van der Waals surface area contributed by atoms with Crippen LogP contribution in [0.25, 0.3) is 0 Å². The number of ketones is 1. The number of rotatable bonds is 6. The van der Waals surface area contributed by atoms with E-state index in [0.29, 0.717) is 24.2 Å². The third-order valence-corrected chi connectivity index (χ3v) is 5.11. The summed E-state index contributed by atoms with van der Waals surface area (Å²) in [6, 6.07) is 17.7. The maximum absolute atomic E-state index is 12.9. The molecule has 0 saturated carbocycles. The van der Waals surface area contributed by atoms with Gasteiger partial charge < -0.3 is 4.74 Å². The Kier molecular flexibility index (Phi) is 5.95. The quantitative estimate of drug-likeness (QED) is 0.540. The van der Waals surface area contributed by atoms with E-state index in [1.807, 2.05) is 42.5 Å². The average Bonchev–Trinajstić information content (AvgIpc) is 2.67. The van der Waals surface area contributed by atoms with Gasteiger partial charge in [-0.2, -0.15) is 0 Å². The molecule has 1 unspecified atom stereocenters. The third kappa shape index (κ3) is 4.57. The fourth-order valence-electron chi connectivity index (χ4n) is 3.55. The minimum Gasteiger partial charge on any atom is -0.481 e. The van der Waals surface area contributed by atoms with E-state index in [-0.39, 0.29) is 5.78 Å². The molecular weight excluding hydrogens is 332 g/mol. The number of carbonyl (C=O) groups excluding carboxylic acids is 1. The van der Waals surface area contributed by atoms with Crippen molar-refractivity contribution in [1.82, 2.24) is 0 Å². The Morgan fingerprint density at radius 3 is 2.44 bits per heavy atom. The smallest absolute Gasteiger partial charge is 0.170 e. The fourth-order valence-corrected chi connectivity index (χ4v) is 3.55. The van der Waals surface area contributed by atoms with Crippen LogP contribution in [0.4, 0.5) is 0 Å². The maximum atomic E-state index is 12.9. The predicted molar refractivity (Wildman–Crippen MR) is 111 cm³/mol. The Hall–Kier alpha value is -2.61. The Morgan fingerprint density at radius 2 is 1.70 bits per heavy atom. The Balaban J connectivity index is 1.89. The van der Waals surface area contributed by atoms with E-state index < -0.39 is 5.60 Å². The van der Waals surface area contributed by atoms with Crippen LogP contribution < -0.4 is 4.74 Å². The second kappa shape index (κ2) is 8.39. The Morgan fingerprint density at radius 1 is 1.00 bits per heavy atom. The van der Waals surface area contributed by atoms with Crippen LogP contribution >= 0.6 is 0 Å². The van der Waals surface area contributed by atoms with Crippen LogP contribution in [0.5, 0.6) is 5.75 Å². The Bertz CT molecular complexity index is 857. The SMILES string of the molecule is CC(C)=CCC/C(C)=C/CC1(c2ccccc2)CC(=O)c2ccccc2O1. The summed E-state index contributed by atoms with van der Waals surface area (Å²) in [5, 5.41) is 0. The van der Waals surface area contributed by atoms with Crippen molar-refractivity contribution in [3.63, 3.8) is 0 Å². The van der Waals surface area contributed by atoms with Crippen molar-refractivity contribution in [1.29, 1.82) is 0 Å². The molecule has 1 atom stereocenters. The molecule has 2 heteroatoms. The van der Waals surface area contributed by atoms with E-state index in [9.17, 15) is 4.79 Å². The van der Waals surface area contributed by atoms with Crippen molar-refractivity contribution >= 4 is 5.78 Å². The molecule has 0 aromatic heterocycles. The van der Waals surface area contributed by atoms with Gasteiger partial charge in [-0.25, -0.2) is 0 Å². The number of benzene rings is 2. The largest absolute Gasteiger partial charge is 0.481 e. The monoisotopic (exact) mass is 360 g/mol. The molecule has 0 spiro atoms. The van der Waals surface area contributed by atoms with E-state index in [2.05, 4.69) is 45.1 Å². The molecule has 0 radical (unpaired) electrons. The highest BCUT2D eigenvalue weighted by Crippen LogP contribution is 2.42. The minimum absolute atomic E-state index is 0.149. The lowest BCUT2D eigenvalue weighted by atomic mass is 9.81. The standard InChI is InChI=1S/C25H28O2/c1-19(2)10-9-11-20(3)16-17-25(21-12-5-4-6-13-21)18-23(26)22-14-7-8-15-24(22)27-25/h4-8,10,12-16H,9,11,17-18H2,1-3H3/b20-16+. The first-order valence-corrected chi connectivity index (χ1v) is 9.66. The molecule has 1 heterocycles. The molecule has 2 aromatic carbocycles. The van der Waals surface area contributed by atoms with E-state index >= 15 is 0 Å². The van der Waals surface area contributed by atoms with Crippen LogP contribution in [0, 0.1) is 0 Å². The molecule has 1 aliphatic heterocycles. The van der Waals surface area contributed by atoms with E-state index in [1.165, 1.54) is 11.1 Å². The van der Waals surface area contributed by atoms with Gasteiger partial charge in [0.1, 0.15) is 11.4 Å². The van der Waals surface area contributed by atoms with Crippen LogP contribution in [-0.4, -0.2) is 5.78 Å². The molecule has 3 rings (SSSR count). The minimum atomic E-state index is -0.634. The number of hydrogen-bond donors (Lipinski definition) is 0.